The highest BCUT2D eigenvalue weighted by Crippen LogP contribution is 2.38. The lowest BCUT2D eigenvalue weighted by Crippen LogP contribution is -2.15. The Bertz CT molecular complexity index is 526. The predicted octanol–water partition coefficient (Wildman–Crippen LogP) is 3.58. The first kappa shape index (κ1) is 13.6. The molecule has 0 amide bonds. The molecule has 2 aromatic heterocycles. The highest BCUT2D eigenvalue weighted by Gasteiger charge is 2.17. The van der Waals surface area contributed by atoms with Crippen LogP contribution in [-0.2, 0) is 6.54 Å². The van der Waals surface area contributed by atoms with Crippen LogP contribution >= 0.6 is 38.8 Å². The van der Waals surface area contributed by atoms with Crippen molar-refractivity contribution >= 4 is 49.6 Å². The molecule has 7 heteroatoms. The monoisotopic (exact) mass is 347 g/mol. The lowest BCUT2D eigenvalue weighted by molar-refractivity contribution is 0.343. The van der Waals surface area contributed by atoms with Crippen molar-refractivity contribution in [3.8, 4) is 5.75 Å². The Kier molecular flexibility index (Phi) is 4.47. The van der Waals surface area contributed by atoms with Gasteiger partial charge in [0.25, 0.3) is 0 Å². The smallest absolute Gasteiger partial charge is 0.197 e. The third-order valence-corrected chi connectivity index (χ3v) is 4.95. The van der Waals surface area contributed by atoms with E-state index in [0.29, 0.717) is 18.2 Å². The minimum atomic E-state index is 0.469. The first-order valence-electron chi connectivity index (χ1n) is 5.43. The van der Waals surface area contributed by atoms with Crippen LogP contribution in [0.1, 0.15) is 11.8 Å². The highest BCUT2D eigenvalue weighted by atomic mass is 79.9. The maximum atomic E-state index is 5.81. The van der Waals surface area contributed by atoms with Crippen molar-refractivity contribution in [3.05, 3.63) is 20.8 Å². The number of hydrogen-bond donors (Lipinski definition) is 1. The number of hydrogen-bond acceptors (Lipinski definition) is 6. The molecule has 0 bridgehead atoms. The van der Waals surface area contributed by atoms with Crippen LogP contribution < -0.4 is 15.4 Å². The van der Waals surface area contributed by atoms with Gasteiger partial charge in [-0.25, -0.2) is 0 Å². The molecule has 0 aliphatic heterocycles. The normalized spacial score (nSPS) is 10.6. The average Bonchev–Trinajstić information content (AvgIpc) is 2.88. The van der Waals surface area contributed by atoms with E-state index in [9.17, 15) is 0 Å². The van der Waals surface area contributed by atoms with Gasteiger partial charge in [0.2, 0.25) is 0 Å². The predicted molar refractivity (Wildman–Crippen MR) is 81.8 cm³/mol. The molecule has 0 spiro atoms. The summed E-state index contributed by atoms with van der Waals surface area (Å²) in [4.78, 5) is 3.39. The molecule has 0 saturated heterocycles. The van der Waals surface area contributed by atoms with Crippen molar-refractivity contribution in [2.75, 3.05) is 24.3 Å². The molecule has 18 heavy (non-hydrogen) atoms. The van der Waals surface area contributed by atoms with Crippen molar-refractivity contribution in [3.63, 3.8) is 0 Å². The summed E-state index contributed by atoms with van der Waals surface area (Å²) in [5.41, 5.74) is 5.81. The van der Waals surface area contributed by atoms with Crippen molar-refractivity contribution in [2.24, 2.45) is 0 Å². The Morgan fingerprint density at radius 2 is 2.33 bits per heavy atom. The summed E-state index contributed by atoms with van der Waals surface area (Å²) in [7, 11) is 2.02. The first-order chi connectivity index (χ1) is 8.61. The lowest BCUT2D eigenvalue weighted by atomic mass is 10.4. The molecular formula is C11H14BrN3OS2. The van der Waals surface area contributed by atoms with Gasteiger partial charge in [0, 0.05) is 21.8 Å². The van der Waals surface area contributed by atoms with Gasteiger partial charge in [-0.1, -0.05) is 0 Å². The Labute approximate surface area is 123 Å². The summed E-state index contributed by atoms with van der Waals surface area (Å²) in [6, 6.07) is 2.12. The van der Waals surface area contributed by atoms with E-state index in [0.717, 1.165) is 16.0 Å². The molecular weight excluding hydrogens is 334 g/mol. The van der Waals surface area contributed by atoms with Gasteiger partial charge in [0.1, 0.15) is 0 Å². The SMILES string of the molecule is CCOc1c(N)nsc1N(C)Cc1cc(Br)cs1. The molecule has 2 N–H and O–H groups in total. The summed E-state index contributed by atoms with van der Waals surface area (Å²) in [6.45, 7) is 3.35. The minimum absolute atomic E-state index is 0.469. The summed E-state index contributed by atoms with van der Waals surface area (Å²) in [6.07, 6.45) is 0. The lowest BCUT2D eigenvalue weighted by Gasteiger charge is -2.17. The second-order valence-electron chi connectivity index (χ2n) is 3.72. The standard InChI is InChI=1S/C11H14BrN3OS2/c1-3-16-9-10(13)14-18-11(9)15(2)5-8-4-7(12)6-17-8/h4,6H,3,5H2,1-2H3,(H2,13,14). The van der Waals surface area contributed by atoms with Crippen LogP contribution in [0.5, 0.6) is 5.75 Å². The Morgan fingerprint density at radius 3 is 2.94 bits per heavy atom. The number of halogens is 1. The Balaban J connectivity index is 2.15. The largest absolute Gasteiger partial charge is 0.487 e. The Hall–Kier alpha value is -0.790. The first-order valence-corrected chi connectivity index (χ1v) is 7.88. The van der Waals surface area contributed by atoms with Crippen LogP contribution in [0.4, 0.5) is 10.8 Å². The van der Waals surface area contributed by atoms with Gasteiger partial charge in [0.15, 0.2) is 16.6 Å². The summed E-state index contributed by atoms with van der Waals surface area (Å²) < 4.78 is 10.8. The number of rotatable bonds is 5. The van der Waals surface area contributed by atoms with Crippen LogP contribution in [0.3, 0.4) is 0 Å². The number of nitrogens with zero attached hydrogens (tertiary/aromatic N) is 2. The summed E-state index contributed by atoms with van der Waals surface area (Å²) in [5.74, 6) is 1.16. The van der Waals surface area contributed by atoms with E-state index in [1.165, 1.54) is 16.4 Å². The average molecular weight is 348 g/mol. The fourth-order valence-corrected chi connectivity index (χ4v) is 3.77. The second kappa shape index (κ2) is 5.90. The molecule has 2 rings (SSSR count). The van der Waals surface area contributed by atoms with Crippen molar-refractivity contribution in [2.45, 2.75) is 13.5 Å². The molecule has 4 nitrogen and oxygen atoms in total. The summed E-state index contributed by atoms with van der Waals surface area (Å²) >= 11 is 6.55. The number of ether oxygens (including phenoxy) is 1. The molecule has 0 fully saturated rings. The van der Waals surface area contributed by atoms with E-state index >= 15 is 0 Å². The second-order valence-corrected chi connectivity index (χ2v) is 6.39. The van der Waals surface area contributed by atoms with Gasteiger partial charge >= 0.3 is 0 Å². The molecule has 0 radical (unpaired) electrons. The minimum Gasteiger partial charge on any atom is -0.487 e. The van der Waals surface area contributed by atoms with E-state index in [2.05, 4.69) is 36.6 Å². The molecule has 2 aromatic rings. The fraction of sp³-hybridized carbons (Fsp3) is 0.364. The molecule has 98 valence electrons. The zero-order valence-corrected chi connectivity index (χ0v) is 13.4. The van der Waals surface area contributed by atoms with Crippen LogP contribution in [0.25, 0.3) is 0 Å². The molecule has 0 aliphatic rings. The van der Waals surface area contributed by atoms with E-state index in [4.69, 9.17) is 10.5 Å². The molecule has 0 unspecified atom stereocenters. The molecule has 0 aromatic carbocycles. The van der Waals surface area contributed by atoms with Crippen molar-refractivity contribution in [1.82, 2.24) is 4.37 Å². The van der Waals surface area contributed by atoms with Crippen molar-refractivity contribution < 1.29 is 4.74 Å². The number of anilines is 2. The quantitative estimate of drug-likeness (QED) is 0.897. The van der Waals surface area contributed by atoms with E-state index < -0.39 is 0 Å². The van der Waals surface area contributed by atoms with Crippen LogP contribution in [0.15, 0.2) is 15.9 Å². The number of aromatic nitrogens is 1. The zero-order chi connectivity index (χ0) is 13.1. The third-order valence-electron chi connectivity index (χ3n) is 2.31. The van der Waals surface area contributed by atoms with Crippen LogP contribution in [0.2, 0.25) is 0 Å². The Morgan fingerprint density at radius 1 is 1.56 bits per heavy atom. The third kappa shape index (κ3) is 2.96. The van der Waals surface area contributed by atoms with Gasteiger partial charge in [-0.05, 0) is 40.5 Å². The van der Waals surface area contributed by atoms with Gasteiger partial charge < -0.3 is 15.4 Å². The van der Waals surface area contributed by atoms with E-state index in [1.54, 1.807) is 11.3 Å². The van der Waals surface area contributed by atoms with E-state index in [-0.39, 0.29) is 0 Å². The fourth-order valence-electron chi connectivity index (χ4n) is 1.55. The van der Waals surface area contributed by atoms with E-state index in [1.807, 2.05) is 14.0 Å². The zero-order valence-electron chi connectivity index (χ0n) is 10.1. The van der Waals surface area contributed by atoms with Gasteiger partial charge in [-0.15, -0.1) is 11.3 Å². The van der Waals surface area contributed by atoms with Crippen LogP contribution in [0, 0.1) is 0 Å². The van der Waals surface area contributed by atoms with Gasteiger partial charge in [-0.3, -0.25) is 0 Å². The van der Waals surface area contributed by atoms with Crippen LogP contribution in [-0.4, -0.2) is 18.0 Å². The topological polar surface area (TPSA) is 51.4 Å². The molecule has 0 saturated carbocycles. The molecule has 2 heterocycles. The molecule has 0 aliphatic carbocycles. The number of nitrogens with two attached hydrogens (primary N) is 1. The molecule has 0 atom stereocenters. The van der Waals surface area contributed by atoms with Gasteiger partial charge in [-0.2, -0.15) is 4.37 Å². The maximum absolute atomic E-state index is 5.81. The number of thiophene rings is 1. The van der Waals surface area contributed by atoms with Crippen molar-refractivity contribution in [1.29, 1.82) is 0 Å². The number of nitrogen functional groups attached to an aromatic ring is 1. The van der Waals surface area contributed by atoms with Gasteiger partial charge in [0.05, 0.1) is 13.2 Å². The summed E-state index contributed by atoms with van der Waals surface area (Å²) in [5, 5.41) is 3.05. The maximum Gasteiger partial charge on any atom is 0.197 e. The highest BCUT2D eigenvalue weighted by molar-refractivity contribution is 9.10.